The molecule has 0 spiro atoms. The van der Waals surface area contributed by atoms with Gasteiger partial charge in [0.2, 0.25) is 0 Å². The third-order valence-electron chi connectivity index (χ3n) is 4.86. The maximum absolute atomic E-state index is 12.4. The highest BCUT2D eigenvalue weighted by Gasteiger charge is 2.16. The number of carbonyl (C=O) groups is 1. The zero-order valence-corrected chi connectivity index (χ0v) is 15.4. The van der Waals surface area contributed by atoms with Crippen LogP contribution in [0.1, 0.15) is 29.0 Å². The number of amides is 1. The summed E-state index contributed by atoms with van der Waals surface area (Å²) < 4.78 is 13.3. The first kappa shape index (κ1) is 17.5. The van der Waals surface area contributed by atoms with Crippen molar-refractivity contribution in [3.05, 3.63) is 59.9 Å². The van der Waals surface area contributed by atoms with E-state index in [0.717, 1.165) is 42.1 Å². The van der Waals surface area contributed by atoms with Gasteiger partial charge >= 0.3 is 0 Å². The number of fused-ring (bicyclic) bond motifs is 1. The molecule has 27 heavy (non-hydrogen) atoms. The van der Waals surface area contributed by atoms with Gasteiger partial charge in [-0.3, -0.25) is 4.79 Å². The molecule has 2 heterocycles. The number of aromatic nitrogens is 2. The lowest BCUT2D eigenvalue weighted by atomic mass is 10.2. The Kier molecular flexibility index (Phi) is 5.07. The molecule has 1 aliphatic heterocycles. The highest BCUT2D eigenvalue weighted by molar-refractivity contribution is 5.94. The maximum Gasteiger partial charge on any atom is 0.251 e. The van der Waals surface area contributed by atoms with Crippen LogP contribution in [0.2, 0.25) is 0 Å². The second-order valence-electron chi connectivity index (χ2n) is 6.73. The predicted octanol–water partition coefficient (Wildman–Crippen LogP) is 3.06. The summed E-state index contributed by atoms with van der Waals surface area (Å²) in [6.45, 7) is 1.75. The lowest BCUT2D eigenvalue weighted by Crippen LogP contribution is -2.24. The quantitative estimate of drug-likeness (QED) is 0.729. The van der Waals surface area contributed by atoms with Crippen LogP contribution in [0.3, 0.4) is 0 Å². The summed E-state index contributed by atoms with van der Waals surface area (Å²) in [5.41, 5.74) is 2.57. The highest BCUT2D eigenvalue weighted by atomic mass is 16.5. The molecule has 2 aromatic carbocycles. The van der Waals surface area contributed by atoms with Gasteiger partial charge in [0.05, 0.1) is 23.7 Å². The maximum atomic E-state index is 12.4. The van der Waals surface area contributed by atoms with Gasteiger partial charge in [0.25, 0.3) is 5.91 Å². The van der Waals surface area contributed by atoms with E-state index in [0.29, 0.717) is 18.7 Å². The van der Waals surface area contributed by atoms with Crippen molar-refractivity contribution in [1.29, 1.82) is 0 Å². The van der Waals surface area contributed by atoms with Gasteiger partial charge in [-0.1, -0.05) is 12.1 Å². The van der Waals surface area contributed by atoms with Gasteiger partial charge in [-0.15, -0.1) is 0 Å². The van der Waals surface area contributed by atoms with Crippen LogP contribution in [0.5, 0.6) is 5.75 Å². The number of para-hydroxylation sites is 2. The number of hydrogen-bond donors (Lipinski definition) is 1. The zero-order valence-electron chi connectivity index (χ0n) is 15.4. The van der Waals surface area contributed by atoms with E-state index in [1.807, 2.05) is 48.0 Å². The van der Waals surface area contributed by atoms with Crippen molar-refractivity contribution >= 4 is 16.9 Å². The molecule has 6 nitrogen and oxygen atoms in total. The SMILES string of the molecule is Cn1c(CNC(=O)c2ccc(OCC3CCCO3)cc2)nc2ccccc21. The summed E-state index contributed by atoms with van der Waals surface area (Å²) in [5, 5.41) is 2.93. The Morgan fingerprint density at radius 1 is 1.26 bits per heavy atom. The molecule has 0 saturated carbocycles. The molecular weight excluding hydrogens is 342 g/mol. The Hall–Kier alpha value is -2.86. The van der Waals surface area contributed by atoms with Crippen LogP contribution in [0.4, 0.5) is 0 Å². The minimum Gasteiger partial charge on any atom is -0.491 e. The molecule has 6 heteroatoms. The Balaban J connectivity index is 1.34. The monoisotopic (exact) mass is 365 g/mol. The van der Waals surface area contributed by atoms with Crippen molar-refractivity contribution in [2.75, 3.05) is 13.2 Å². The smallest absolute Gasteiger partial charge is 0.251 e. The van der Waals surface area contributed by atoms with E-state index in [1.54, 1.807) is 12.1 Å². The second-order valence-corrected chi connectivity index (χ2v) is 6.73. The minimum absolute atomic E-state index is 0.132. The fraction of sp³-hybridized carbons (Fsp3) is 0.333. The van der Waals surface area contributed by atoms with Crippen molar-refractivity contribution in [3.63, 3.8) is 0 Å². The van der Waals surface area contributed by atoms with E-state index in [4.69, 9.17) is 9.47 Å². The molecule has 0 radical (unpaired) electrons. The minimum atomic E-state index is -0.132. The van der Waals surface area contributed by atoms with Crippen molar-refractivity contribution < 1.29 is 14.3 Å². The van der Waals surface area contributed by atoms with Gasteiger partial charge < -0.3 is 19.4 Å². The van der Waals surface area contributed by atoms with Crippen LogP contribution in [-0.2, 0) is 18.3 Å². The number of carbonyl (C=O) groups excluding carboxylic acids is 1. The third-order valence-corrected chi connectivity index (χ3v) is 4.86. The number of ether oxygens (including phenoxy) is 2. The Morgan fingerprint density at radius 3 is 2.81 bits per heavy atom. The van der Waals surface area contributed by atoms with Crippen LogP contribution in [-0.4, -0.2) is 34.8 Å². The number of rotatable bonds is 6. The van der Waals surface area contributed by atoms with Crippen LogP contribution in [0.15, 0.2) is 48.5 Å². The standard InChI is InChI=1S/C21H23N3O3/c1-24-19-7-3-2-6-18(19)23-20(24)13-22-21(25)15-8-10-16(11-9-15)27-14-17-5-4-12-26-17/h2-3,6-11,17H,4-5,12-14H2,1H3,(H,22,25). The lowest BCUT2D eigenvalue weighted by Gasteiger charge is -2.11. The van der Waals surface area contributed by atoms with Gasteiger partial charge in [0.15, 0.2) is 0 Å². The van der Waals surface area contributed by atoms with Crippen LogP contribution in [0, 0.1) is 0 Å². The lowest BCUT2D eigenvalue weighted by molar-refractivity contribution is 0.0679. The number of benzene rings is 2. The number of aryl methyl sites for hydroxylation is 1. The van der Waals surface area contributed by atoms with Crippen molar-refractivity contribution in [3.8, 4) is 5.75 Å². The van der Waals surface area contributed by atoms with E-state index in [2.05, 4.69) is 10.3 Å². The first-order valence-corrected chi connectivity index (χ1v) is 9.24. The number of hydrogen-bond acceptors (Lipinski definition) is 4. The fourth-order valence-electron chi connectivity index (χ4n) is 3.28. The van der Waals surface area contributed by atoms with E-state index < -0.39 is 0 Å². The molecule has 4 rings (SSSR count). The van der Waals surface area contributed by atoms with E-state index in [9.17, 15) is 4.79 Å². The van der Waals surface area contributed by atoms with Crippen LogP contribution < -0.4 is 10.1 Å². The highest BCUT2D eigenvalue weighted by Crippen LogP contribution is 2.17. The number of imidazole rings is 1. The predicted molar refractivity (Wildman–Crippen MR) is 103 cm³/mol. The van der Waals surface area contributed by atoms with Gasteiger partial charge in [0, 0.05) is 19.2 Å². The normalized spacial score (nSPS) is 16.6. The molecule has 0 bridgehead atoms. The molecule has 1 fully saturated rings. The number of nitrogens with zero attached hydrogens (tertiary/aromatic N) is 2. The first-order valence-electron chi connectivity index (χ1n) is 9.24. The molecule has 1 saturated heterocycles. The largest absolute Gasteiger partial charge is 0.491 e. The molecule has 1 atom stereocenters. The Labute approximate surface area is 158 Å². The molecule has 1 amide bonds. The average molecular weight is 365 g/mol. The summed E-state index contributed by atoms with van der Waals surface area (Å²) in [6.07, 6.45) is 2.32. The third kappa shape index (κ3) is 3.95. The molecule has 0 aliphatic carbocycles. The summed E-state index contributed by atoms with van der Waals surface area (Å²) in [4.78, 5) is 17.0. The average Bonchev–Trinajstić information content (AvgIpc) is 3.33. The van der Waals surface area contributed by atoms with Crippen molar-refractivity contribution in [2.24, 2.45) is 7.05 Å². The van der Waals surface area contributed by atoms with E-state index in [1.165, 1.54) is 0 Å². The topological polar surface area (TPSA) is 65.4 Å². The van der Waals surface area contributed by atoms with E-state index in [-0.39, 0.29) is 12.0 Å². The summed E-state index contributed by atoms with van der Waals surface area (Å²) in [7, 11) is 1.96. The second kappa shape index (κ2) is 7.80. The Morgan fingerprint density at radius 2 is 2.07 bits per heavy atom. The molecule has 1 aromatic heterocycles. The van der Waals surface area contributed by atoms with E-state index >= 15 is 0 Å². The summed E-state index contributed by atoms with van der Waals surface area (Å²) >= 11 is 0. The molecule has 1 N–H and O–H groups in total. The summed E-state index contributed by atoms with van der Waals surface area (Å²) in [6, 6.07) is 15.1. The van der Waals surface area contributed by atoms with Crippen LogP contribution >= 0.6 is 0 Å². The Bertz CT molecular complexity index is 927. The molecular formula is C21H23N3O3. The first-order chi connectivity index (χ1) is 13.2. The fourth-order valence-corrected chi connectivity index (χ4v) is 3.28. The van der Waals surface area contributed by atoms with Crippen molar-refractivity contribution in [2.45, 2.75) is 25.5 Å². The molecule has 1 aliphatic rings. The van der Waals surface area contributed by atoms with Gasteiger partial charge in [0.1, 0.15) is 18.2 Å². The molecule has 1 unspecified atom stereocenters. The molecule has 3 aromatic rings. The van der Waals surface area contributed by atoms with Gasteiger partial charge in [-0.2, -0.15) is 0 Å². The molecule has 140 valence electrons. The van der Waals surface area contributed by atoms with Gasteiger partial charge in [-0.25, -0.2) is 4.98 Å². The zero-order chi connectivity index (χ0) is 18.6. The van der Waals surface area contributed by atoms with Crippen molar-refractivity contribution in [1.82, 2.24) is 14.9 Å². The van der Waals surface area contributed by atoms with Crippen LogP contribution in [0.25, 0.3) is 11.0 Å². The number of nitrogens with one attached hydrogen (secondary N) is 1. The van der Waals surface area contributed by atoms with Gasteiger partial charge in [-0.05, 0) is 49.2 Å². The summed E-state index contributed by atoms with van der Waals surface area (Å²) in [5.74, 6) is 1.44.